The number of alkyl halides is 1. The van der Waals surface area contributed by atoms with Gasteiger partial charge in [-0.05, 0) is 29.5 Å². The van der Waals surface area contributed by atoms with Crippen LogP contribution in [0.5, 0.6) is 0 Å². The summed E-state index contributed by atoms with van der Waals surface area (Å²) in [5.74, 6) is 0.435. The highest BCUT2D eigenvalue weighted by Crippen LogP contribution is 2.06. The van der Waals surface area contributed by atoms with E-state index in [9.17, 15) is 0 Å². The van der Waals surface area contributed by atoms with E-state index in [1.54, 1.807) is 6.20 Å². The molecular weight excluding hydrogens is 262 g/mol. The van der Waals surface area contributed by atoms with E-state index in [1.807, 2.05) is 6.92 Å². The van der Waals surface area contributed by atoms with Crippen molar-refractivity contribution in [3.63, 3.8) is 0 Å². The monoisotopic (exact) mass is 268 g/mol. The van der Waals surface area contributed by atoms with Gasteiger partial charge >= 0.3 is 0 Å². The lowest BCUT2D eigenvalue weighted by molar-refractivity contribution is 1.01. The highest BCUT2D eigenvalue weighted by molar-refractivity contribution is 14.1. The van der Waals surface area contributed by atoms with E-state index in [2.05, 4.69) is 32.6 Å². The molecule has 0 unspecified atom stereocenters. The molecule has 0 saturated carbocycles. The molecule has 54 valence electrons. The third-order valence-electron chi connectivity index (χ3n) is 1.07. The first-order valence-electron chi connectivity index (χ1n) is 2.78. The van der Waals surface area contributed by atoms with Gasteiger partial charge in [0, 0.05) is 0 Å². The van der Waals surface area contributed by atoms with E-state index in [0.29, 0.717) is 5.88 Å². The van der Waals surface area contributed by atoms with Gasteiger partial charge in [0.05, 0.1) is 23.5 Å². The number of nitrogens with zero attached hydrogens (tertiary/aromatic N) is 2. The molecule has 0 atom stereocenters. The van der Waals surface area contributed by atoms with E-state index in [4.69, 9.17) is 11.6 Å². The number of rotatable bonds is 1. The first-order valence-corrected chi connectivity index (χ1v) is 4.39. The molecule has 1 rings (SSSR count). The number of hydrogen-bond donors (Lipinski definition) is 0. The summed E-state index contributed by atoms with van der Waals surface area (Å²) in [4.78, 5) is 8.28. The predicted octanol–water partition coefficient (Wildman–Crippen LogP) is 2.13. The molecule has 0 fully saturated rings. The van der Waals surface area contributed by atoms with Crippen LogP contribution in [0.15, 0.2) is 6.20 Å². The van der Waals surface area contributed by atoms with Crippen LogP contribution in [0.4, 0.5) is 0 Å². The molecule has 1 aromatic heterocycles. The normalized spacial score (nSPS) is 9.90. The van der Waals surface area contributed by atoms with E-state index in [0.717, 1.165) is 15.1 Å². The second-order valence-corrected chi connectivity index (χ2v) is 3.16. The minimum absolute atomic E-state index is 0.435. The van der Waals surface area contributed by atoms with Gasteiger partial charge in [0.15, 0.2) is 0 Å². The second kappa shape index (κ2) is 3.48. The Balaban J connectivity index is 3.04. The van der Waals surface area contributed by atoms with Crippen LogP contribution in [0.3, 0.4) is 0 Å². The molecule has 0 aliphatic heterocycles. The molecule has 0 aliphatic carbocycles. The Morgan fingerprint density at radius 1 is 1.70 bits per heavy atom. The van der Waals surface area contributed by atoms with Crippen LogP contribution in [0.1, 0.15) is 11.4 Å². The van der Waals surface area contributed by atoms with Crippen molar-refractivity contribution in [3.8, 4) is 0 Å². The average molecular weight is 268 g/mol. The van der Waals surface area contributed by atoms with Gasteiger partial charge in [0.2, 0.25) is 0 Å². The molecule has 0 saturated heterocycles. The zero-order valence-corrected chi connectivity index (χ0v) is 8.35. The third kappa shape index (κ3) is 1.79. The molecule has 0 aliphatic rings. The van der Waals surface area contributed by atoms with Crippen LogP contribution in [0.25, 0.3) is 0 Å². The summed E-state index contributed by atoms with van der Waals surface area (Å²) < 4.78 is 0.937. The zero-order chi connectivity index (χ0) is 7.56. The lowest BCUT2D eigenvalue weighted by atomic mass is 10.4. The SMILES string of the molecule is Cc1nc(CCl)cnc1I. The van der Waals surface area contributed by atoms with Crippen LogP contribution < -0.4 is 0 Å². The van der Waals surface area contributed by atoms with Gasteiger partial charge in [-0.15, -0.1) is 11.6 Å². The first kappa shape index (κ1) is 8.20. The van der Waals surface area contributed by atoms with Crippen LogP contribution in [0.2, 0.25) is 0 Å². The van der Waals surface area contributed by atoms with Crippen molar-refractivity contribution in [3.05, 3.63) is 21.3 Å². The van der Waals surface area contributed by atoms with E-state index < -0.39 is 0 Å². The summed E-state index contributed by atoms with van der Waals surface area (Å²) in [5.41, 5.74) is 1.78. The van der Waals surface area contributed by atoms with Crippen molar-refractivity contribution in [2.24, 2.45) is 0 Å². The molecule has 0 amide bonds. The fourth-order valence-electron chi connectivity index (χ4n) is 0.579. The molecule has 0 spiro atoms. The van der Waals surface area contributed by atoms with Crippen molar-refractivity contribution in [2.75, 3.05) is 0 Å². The van der Waals surface area contributed by atoms with Gasteiger partial charge in [-0.3, -0.25) is 4.98 Å². The molecular formula is C6H6ClIN2. The molecule has 0 bridgehead atoms. The maximum Gasteiger partial charge on any atom is 0.122 e. The maximum absolute atomic E-state index is 5.55. The molecule has 1 aromatic rings. The van der Waals surface area contributed by atoms with E-state index >= 15 is 0 Å². The highest BCUT2D eigenvalue weighted by atomic mass is 127. The summed E-state index contributed by atoms with van der Waals surface area (Å²) in [7, 11) is 0. The number of hydrogen-bond acceptors (Lipinski definition) is 2. The summed E-state index contributed by atoms with van der Waals surface area (Å²) >= 11 is 7.69. The Morgan fingerprint density at radius 2 is 2.40 bits per heavy atom. The minimum atomic E-state index is 0.435. The van der Waals surface area contributed by atoms with Crippen molar-refractivity contribution < 1.29 is 0 Å². The Bertz CT molecular complexity index is 239. The average Bonchev–Trinajstić information content (AvgIpc) is 1.95. The molecule has 0 aromatic carbocycles. The van der Waals surface area contributed by atoms with Gasteiger partial charge in [0.25, 0.3) is 0 Å². The van der Waals surface area contributed by atoms with Gasteiger partial charge < -0.3 is 0 Å². The number of halogens is 2. The zero-order valence-electron chi connectivity index (χ0n) is 5.43. The van der Waals surface area contributed by atoms with Gasteiger partial charge in [-0.2, -0.15) is 0 Å². The van der Waals surface area contributed by atoms with Crippen molar-refractivity contribution in [1.29, 1.82) is 0 Å². The molecule has 2 nitrogen and oxygen atoms in total. The summed E-state index contributed by atoms with van der Waals surface area (Å²) in [5, 5.41) is 0. The first-order chi connectivity index (χ1) is 4.74. The van der Waals surface area contributed by atoms with Gasteiger partial charge in [-0.25, -0.2) is 4.98 Å². The Kier molecular flexibility index (Phi) is 2.85. The van der Waals surface area contributed by atoms with Crippen molar-refractivity contribution in [1.82, 2.24) is 9.97 Å². The maximum atomic E-state index is 5.55. The van der Waals surface area contributed by atoms with E-state index in [1.165, 1.54) is 0 Å². The Labute approximate surface area is 78.2 Å². The lowest BCUT2D eigenvalue weighted by Gasteiger charge is -1.97. The van der Waals surface area contributed by atoms with Crippen molar-refractivity contribution in [2.45, 2.75) is 12.8 Å². The van der Waals surface area contributed by atoms with E-state index in [-0.39, 0.29) is 0 Å². The predicted molar refractivity (Wildman–Crippen MR) is 49.0 cm³/mol. The standard InChI is InChI=1S/C6H6ClIN2/c1-4-6(8)9-3-5(2-7)10-4/h3H,2H2,1H3. The molecule has 10 heavy (non-hydrogen) atoms. The molecule has 4 heteroatoms. The summed E-state index contributed by atoms with van der Waals surface area (Å²) in [6.07, 6.45) is 1.70. The third-order valence-corrected chi connectivity index (χ3v) is 2.41. The number of aryl methyl sites for hydroxylation is 1. The van der Waals surface area contributed by atoms with Crippen LogP contribution in [0, 0.1) is 10.6 Å². The minimum Gasteiger partial charge on any atom is -0.253 e. The van der Waals surface area contributed by atoms with Crippen LogP contribution in [-0.4, -0.2) is 9.97 Å². The van der Waals surface area contributed by atoms with Gasteiger partial charge in [0.1, 0.15) is 3.70 Å². The quantitative estimate of drug-likeness (QED) is 0.576. The summed E-state index contributed by atoms with van der Waals surface area (Å²) in [6.45, 7) is 1.92. The lowest BCUT2D eigenvalue weighted by Crippen LogP contribution is -1.94. The van der Waals surface area contributed by atoms with Crippen LogP contribution in [-0.2, 0) is 5.88 Å². The largest absolute Gasteiger partial charge is 0.253 e. The fraction of sp³-hybridized carbons (Fsp3) is 0.333. The smallest absolute Gasteiger partial charge is 0.122 e. The summed E-state index contributed by atoms with van der Waals surface area (Å²) in [6, 6.07) is 0. The number of aromatic nitrogens is 2. The Hall–Kier alpha value is 0.100. The van der Waals surface area contributed by atoms with Crippen LogP contribution >= 0.6 is 34.2 Å². The second-order valence-electron chi connectivity index (χ2n) is 1.87. The Morgan fingerprint density at radius 3 is 2.90 bits per heavy atom. The highest BCUT2D eigenvalue weighted by Gasteiger charge is 1.97. The molecule has 0 radical (unpaired) electrons. The molecule has 0 N–H and O–H groups in total. The molecule has 1 heterocycles. The fourth-order valence-corrected chi connectivity index (χ4v) is 0.968. The van der Waals surface area contributed by atoms with Crippen molar-refractivity contribution >= 4 is 34.2 Å². The van der Waals surface area contributed by atoms with Gasteiger partial charge in [-0.1, -0.05) is 0 Å². The topological polar surface area (TPSA) is 25.8 Å².